The van der Waals surface area contributed by atoms with Gasteiger partial charge in [0.15, 0.2) is 0 Å². The molecule has 0 unspecified atom stereocenters. The van der Waals surface area contributed by atoms with Gasteiger partial charge < -0.3 is 0 Å². The van der Waals surface area contributed by atoms with Gasteiger partial charge in [-0.3, -0.25) is 4.79 Å². The van der Waals surface area contributed by atoms with Crippen LogP contribution in [0.3, 0.4) is 0 Å². The number of halogens is 1. The van der Waals surface area contributed by atoms with Gasteiger partial charge in [0, 0.05) is 11.4 Å². The molecule has 1 N–H and O–H groups in total. The van der Waals surface area contributed by atoms with Gasteiger partial charge in [-0.1, -0.05) is 94.9 Å². The van der Waals surface area contributed by atoms with E-state index in [2.05, 4.69) is 17.5 Å². The number of rotatable bonds is 14. The van der Waals surface area contributed by atoms with Crippen molar-refractivity contribution < 1.29 is 4.79 Å². The monoisotopic (exact) mass is 364 g/mol. The molecule has 0 bridgehead atoms. The summed E-state index contributed by atoms with van der Waals surface area (Å²) in [7, 11) is 0. The summed E-state index contributed by atoms with van der Waals surface area (Å²) >= 11 is 5.90. The SMILES string of the molecule is CCCCCCCCCCCCCC(=O)NN=Cc1cccc(Cl)c1. The molecule has 25 heavy (non-hydrogen) atoms. The van der Waals surface area contributed by atoms with Crippen molar-refractivity contribution in [3.63, 3.8) is 0 Å². The standard InChI is InChI=1S/C21H33ClN2O/c1-2-3-4-5-6-7-8-9-10-11-12-16-21(25)24-23-18-19-14-13-15-20(22)17-19/h13-15,17-18H,2-12,16H2,1H3,(H,24,25). The molecule has 1 amide bonds. The van der Waals surface area contributed by atoms with E-state index in [0.29, 0.717) is 11.4 Å². The van der Waals surface area contributed by atoms with E-state index < -0.39 is 0 Å². The quantitative estimate of drug-likeness (QED) is 0.229. The maximum atomic E-state index is 11.7. The van der Waals surface area contributed by atoms with Crippen LogP contribution >= 0.6 is 11.6 Å². The molecule has 1 aromatic carbocycles. The molecule has 0 aliphatic heterocycles. The molecule has 0 aliphatic rings. The molecule has 0 atom stereocenters. The Morgan fingerprint density at radius 3 is 2.20 bits per heavy atom. The molecule has 1 aromatic rings. The third kappa shape index (κ3) is 12.6. The zero-order valence-corrected chi connectivity index (χ0v) is 16.4. The van der Waals surface area contributed by atoms with Crippen LogP contribution in [0, 0.1) is 0 Å². The molecule has 0 spiro atoms. The van der Waals surface area contributed by atoms with Crippen molar-refractivity contribution in [3.8, 4) is 0 Å². The Labute approximate surface area is 158 Å². The molecular weight excluding hydrogens is 332 g/mol. The van der Waals surface area contributed by atoms with Gasteiger partial charge in [0.2, 0.25) is 5.91 Å². The van der Waals surface area contributed by atoms with E-state index in [-0.39, 0.29) is 5.91 Å². The lowest BCUT2D eigenvalue weighted by atomic mass is 10.1. The van der Waals surface area contributed by atoms with Crippen LogP contribution < -0.4 is 5.43 Å². The average molecular weight is 365 g/mol. The first-order valence-electron chi connectivity index (χ1n) is 9.80. The van der Waals surface area contributed by atoms with Crippen LogP contribution in [0.15, 0.2) is 29.4 Å². The Bertz CT molecular complexity index is 502. The third-order valence-electron chi connectivity index (χ3n) is 4.26. The molecule has 3 nitrogen and oxygen atoms in total. The van der Waals surface area contributed by atoms with Crippen molar-refractivity contribution in [3.05, 3.63) is 34.9 Å². The number of nitrogens with zero attached hydrogens (tertiary/aromatic N) is 1. The highest BCUT2D eigenvalue weighted by Gasteiger charge is 1.99. The van der Waals surface area contributed by atoms with Crippen molar-refractivity contribution in [2.45, 2.75) is 84.0 Å². The average Bonchev–Trinajstić information content (AvgIpc) is 2.60. The second kappa shape index (κ2) is 14.9. The van der Waals surface area contributed by atoms with Crippen LogP contribution in [0.25, 0.3) is 0 Å². The van der Waals surface area contributed by atoms with Crippen LogP contribution in [-0.4, -0.2) is 12.1 Å². The lowest BCUT2D eigenvalue weighted by molar-refractivity contribution is -0.121. The number of amides is 1. The fourth-order valence-corrected chi connectivity index (χ4v) is 2.97. The van der Waals surface area contributed by atoms with Crippen LogP contribution in [0.4, 0.5) is 0 Å². The van der Waals surface area contributed by atoms with Crippen LogP contribution in [0.2, 0.25) is 5.02 Å². The highest BCUT2D eigenvalue weighted by molar-refractivity contribution is 6.30. The van der Waals surface area contributed by atoms with E-state index in [4.69, 9.17) is 11.6 Å². The first kappa shape index (κ1) is 21.7. The Balaban J connectivity index is 1.93. The number of hydrazone groups is 1. The lowest BCUT2D eigenvalue weighted by Gasteiger charge is -2.02. The first-order chi connectivity index (χ1) is 12.2. The third-order valence-corrected chi connectivity index (χ3v) is 4.49. The predicted molar refractivity (Wildman–Crippen MR) is 108 cm³/mol. The Hall–Kier alpha value is -1.35. The van der Waals surface area contributed by atoms with E-state index in [1.165, 1.54) is 57.8 Å². The van der Waals surface area contributed by atoms with Gasteiger partial charge >= 0.3 is 0 Å². The number of carbonyl (C=O) groups excluding carboxylic acids is 1. The lowest BCUT2D eigenvalue weighted by Crippen LogP contribution is -2.16. The zero-order chi connectivity index (χ0) is 18.2. The van der Waals surface area contributed by atoms with E-state index in [1.54, 1.807) is 12.3 Å². The van der Waals surface area contributed by atoms with Gasteiger partial charge in [-0.15, -0.1) is 0 Å². The summed E-state index contributed by atoms with van der Waals surface area (Å²) in [5.41, 5.74) is 3.45. The molecule has 0 aromatic heterocycles. The normalized spacial score (nSPS) is 11.1. The maximum absolute atomic E-state index is 11.7. The molecule has 0 heterocycles. The van der Waals surface area contributed by atoms with E-state index in [1.807, 2.05) is 18.2 Å². The minimum atomic E-state index is -0.0193. The van der Waals surface area contributed by atoms with Gasteiger partial charge in [-0.05, 0) is 24.1 Å². The molecule has 140 valence electrons. The first-order valence-corrected chi connectivity index (χ1v) is 10.2. The molecular formula is C21H33ClN2O. The largest absolute Gasteiger partial charge is 0.273 e. The van der Waals surface area contributed by atoms with E-state index in [0.717, 1.165) is 18.4 Å². The number of hydrogen-bond acceptors (Lipinski definition) is 2. The minimum absolute atomic E-state index is 0.0193. The Morgan fingerprint density at radius 2 is 1.60 bits per heavy atom. The van der Waals surface area contributed by atoms with Gasteiger partial charge in [0.1, 0.15) is 0 Å². The van der Waals surface area contributed by atoms with Crippen LogP contribution in [0.5, 0.6) is 0 Å². The molecule has 1 rings (SSSR count). The summed E-state index contributed by atoms with van der Waals surface area (Å²) in [6, 6.07) is 7.37. The van der Waals surface area contributed by atoms with Gasteiger partial charge in [0.25, 0.3) is 0 Å². The Morgan fingerprint density at radius 1 is 1.00 bits per heavy atom. The van der Waals surface area contributed by atoms with Crippen LogP contribution in [0.1, 0.15) is 89.5 Å². The molecule has 0 aliphatic carbocycles. The van der Waals surface area contributed by atoms with Crippen molar-refractivity contribution in [1.82, 2.24) is 5.43 Å². The fourth-order valence-electron chi connectivity index (χ4n) is 2.77. The molecule has 4 heteroatoms. The highest BCUT2D eigenvalue weighted by atomic mass is 35.5. The predicted octanol–water partition coefficient (Wildman–Crippen LogP) is 6.49. The number of nitrogens with one attached hydrogen (secondary N) is 1. The minimum Gasteiger partial charge on any atom is -0.273 e. The molecule has 0 radical (unpaired) electrons. The van der Waals surface area contributed by atoms with Crippen molar-refractivity contribution >= 4 is 23.7 Å². The maximum Gasteiger partial charge on any atom is 0.240 e. The highest BCUT2D eigenvalue weighted by Crippen LogP contribution is 2.12. The van der Waals surface area contributed by atoms with Crippen molar-refractivity contribution in [2.24, 2.45) is 5.10 Å². The van der Waals surface area contributed by atoms with Crippen molar-refractivity contribution in [2.75, 3.05) is 0 Å². The zero-order valence-electron chi connectivity index (χ0n) is 15.6. The summed E-state index contributed by atoms with van der Waals surface area (Å²) in [5, 5.41) is 4.63. The topological polar surface area (TPSA) is 41.5 Å². The smallest absolute Gasteiger partial charge is 0.240 e. The van der Waals surface area contributed by atoms with Gasteiger partial charge in [0.05, 0.1) is 6.21 Å². The number of hydrogen-bond donors (Lipinski definition) is 1. The van der Waals surface area contributed by atoms with E-state index >= 15 is 0 Å². The summed E-state index contributed by atoms with van der Waals surface area (Å²) in [4.78, 5) is 11.7. The van der Waals surface area contributed by atoms with E-state index in [9.17, 15) is 4.79 Å². The summed E-state index contributed by atoms with van der Waals surface area (Å²) in [6.45, 7) is 2.26. The second-order valence-corrected chi connectivity index (χ2v) is 7.07. The van der Waals surface area contributed by atoms with Gasteiger partial charge in [-0.2, -0.15) is 5.10 Å². The number of benzene rings is 1. The number of carbonyl (C=O) groups is 1. The van der Waals surface area contributed by atoms with Gasteiger partial charge in [-0.25, -0.2) is 5.43 Å². The number of unbranched alkanes of at least 4 members (excludes halogenated alkanes) is 10. The molecule has 0 saturated carbocycles. The van der Waals surface area contributed by atoms with Crippen LogP contribution in [-0.2, 0) is 4.79 Å². The second-order valence-electron chi connectivity index (χ2n) is 6.63. The summed E-state index contributed by atoms with van der Waals surface area (Å²) in [6.07, 6.45) is 16.3. The molecule has 0 saturated heterocycles. The van der Waals surface area contributed by atoms with Crippen molar-refractivity contribution in [1.29, 1.82) is 0 Å². The Kier molecular flexibility index (Phi) is 13.0. The summed E-state index contributed by atoms with van der Waals surface area (Å²) in [5.74, 6) is -0.0193. The summed E-state index contributed by atoms with van der Waals surface area (Å²) < 4.78 is 0. The fraction of sp³-hybridized carbons (Fsp3) is 0.619. The molecule has 0 fully saturated rings.